The number of nitrogens with zero attached hydrogens (tertiary/aromatic N) is 3. The molecule has 0 bridgehead atoms. The zero-order valence-corrected chi connectivity index (χ0v) is 13.7. The lowest BCUT2D eigenvalue weighted by atomic mass is 9.98. The van der Waals surface area contributed by atoms with Gasteiger partial charge in [-0.25, -0.2) is 0 Å². The number of likely N-dealkylation sites (tertiary alicyclic amines) is 1. The fourth-order valence-electron chi connectivity index (χ4n) is 3.04. The van der Waals surface area contributed by atoms with Crippen molar-refractivity contribution in [2.45, 2.75) is 52.0 Å². The van der Waals surface area contributed by atoms with Crippen molar-refractivity contribution in [2.75, 3.05) is 27.2 Å². The summed E-state index contributed by atoms with van der Waals surface area (Å²) in [6, 6.07) is 0.383. The highest BCUT2D eigenvalue weighted by Crippen LogP contribution is 2.22. The van der Waals surface area contributed by atoms with E-state index in [4.69, 9.17) is 4.52 Å². The van der Waals surface area contributed by atoms with Crippen LogP contribution in [0.5, 0.6) is 0 Å². The van der Waals surface area contributed by atoms with Crippen LogP contribution in [0.25, 0.3) is 0 Å². The molecule has 1 amide bonds. The first kappa shape index (κ1) is 16.0. The standard InChI is InChI=1S/C16H27N3O2/c1-12-15(13(2)21-17-12)11-16(20)19-9-6-5-7-14(19)8-10-18(3)4/h14H,5-11H2,1-4H3/t14-/m0/s1. The summed E-state index contributed by atoms with van der Waals surface area (Å²) in [6.07, 6.45) is 4.94. The molecule has 2 rings (SSSR count). The van der Waals surface area contributed by atoms with Crippen LogP contribution < -0.4 is 0 Å². The van der Waals surface area contributed by atoms with Gasteiger partial charge in [0.2, 0.25) is 5.91 Å². The third kappa shape index (κ3) is 4.06. The number of hydrogen-bond acceptors (Lipinski definition) is 4. The maximum absolute atomic E-state index is 12.7. The minimum Gasteiger partial charge on any atom is -0.361 e. The summed E-state index contributed by atoms with van der Waals surface area (Å²) in [6.45, 7) is 5.70. The van der Waals surface area contributed by atoms with E-state index in [2.05, 4.69) is 29.1 Å². The molecule has 118 valence electrons. The lowest BCUT2D eigenvalue weighted by Gasteiger charge is -2.36. The molecule has 0 aliphatic carbocycles. The van der Waals surface area contributed by atoms with E-state index in [0.29, 0.717) is 12.5 Å². The molecule has 1 fully saturated rings. The lowest BCUT2D eigenvalue weighted by Crippen LogP contribution is -2.45. The van der Waals surface area contributed by atoms with Gasteiger partial charge in [-0.3, -0.25) is 4.79 Å². The zero-order chi connectivity index (χ0) is 15.4. The Morgan fingerprint density at radius 3 is 2.76 bits per heavy atom. The molecule has 2 heterocycles. The number of rotatable bonds is 5. The van der Waals surface area contributed by atoms with Gasteiger partial charge in [0, 0.05) is 18.2 Å². The second kappa shape index (κ2) is 7.07. The van der Waals surface area contributed by atoms with E-state index < -0.39 is 0 Å². The maximum Gasteiger partial charge on any atom is 0.227 e. The average Bonchev–Trinajstić information content (AvgIpc) is 2.77. The first-order valence-electron chi connectivity index (χ1n) is 7.85. The van der Waals surface area contributed by atoms with Crippen LogP contribution in [0.1, 0.15) is 42.7 Å². The number of carbonyl (C=O) groups is 1. The number of aromatic nitrogens is 1. The Balaban J connectivity index is 2.01. The Labute approximate surface area is 127 Å². The highest BCUT2D eigenvalue weighted by Gasteiger charge is 2.27. The number of piperidine rings is 1. The van der Waals surface area contributed by atoms with E-state index in [-0.39, 0.29) is 5.91 Å². The van der Waals surface area contributed by atoms with Crippen LogP contribution in [0, 0.1) is 13.8 Å². The lowest BCUT2D eigenvalue weighted by molar-refractivity contribution is -0.134. The van der Waals surface area contributed by atoms with Crippen LogP contribution in [0.3, 0.4) is 0 Å². The third-order valence-corrected chi connectivity index (χ3v) is 4.37. The van der Waals surface area contributed by atoms with E-state index in [1.54, 1.807) is 0 Å². The summed E-state index contributed by atoms with van der Waals surface area (Å²) in [5, 5.41) is 3.94. The summed E-state index contributed by atoms with van der Waals surface area (Å²) < 4.78 is 5.16. The van der Waals surface area contributed by atoms with Crippen LogP contribution in [0.15, 0.2) is 4.52 Å². The SMILES string of the molecule is Cc1noc(C)c1CC(=O)N1CCCC[C@H]1CCN(C)C. The van der Waals surface area contributed by atoms with Gasteiger partial charge in [-0.05, 0) is 60.2 Å². The Morgan fingerprint density at radius 1 is 1.38 bits per heavy atom. The largest absolute Gasteiger partial charge is 0.361 e. The molecule has 0 saturated carbocycles. The van der Waals surface area contributed by atoms with Gasteiger partial charge in [-0.1, -0.05) is 5.16 Å². The van der Waals surface area contributed by atoms with Crippen LogP contribution in [-0.4, -0.2) is 54.1 Å². The second-order valence-electron chi connectivity index (χ2n) is 6.31. The van der Waals surface area contributed by atoms with E-state index in [9.17, 15) is 4.79 Å². The smallest absolute Gasteiger partial charge is 0.227 e. The number of hydrogen-bond donors (Lipinski definition) is 0. The highest BCUT2D eigenvalue weighted by atomic mass is 16.5. The van der Waals surface area contributed by atoms with Gasteiger partial charge in [0.05, 0.1) is 12.1 Å². The van der Waals surface area contributed by atoms with Crippen molar-refractivity contribution in [1.82, 2.24) is 15.0 Å². The van der Waals surface area contributed by atoms with E-state index in [1.165, 1.54) is 6.42 Å². The Hall–Kier alpha value is -1.36. The molecule has 0 radical (unpaired) electrons. The van der Waals surface area contributed by atoms with Gasteiger partial charge >= 0.3 is 0 Å². The molecule has 0 aromatic carbocycles. The molecule has 5 nitrogen and oxygen atoms in total. The van der Waals surface area contributed by atoms with Crippen molar-refractivity contribution in [2.24, 2.45) is 0 Å². The quantitative estimate of drug-likeness (QED) is 0.835. The van der Waals surface area contributed by atoms with Crippen LogP contribution in [0.2, 0.25) is 0 Å². The Kier molecular flexibility index (Phi) is 5.39. The van der Waals surface area contributed by atoms with Gasteiger partial charge in [-0.15, -0.1) is 0 Å². The Morgan fingerprint density at radius 2 is 2.14 bits per heavy atom. The van der Waals surface area contributed by atoms with Gasteiger partial charge in [-0.2, -0.15) is 0 Å². The van der Waals surface area contributed by atoms with Gasteiger partial charge in [0.25, 0.3) is 0 Å². The average molecular weight is 293 g/mol. The van der Waals surface area contributed by atoms with Gasteiger partial charge in [0.1, 0.15) is 5.76 Å². The van der Waals surface area contributed by atoms with Crippen molar-refractivity contribution in [1.29, 1.82) is 0 Å². The zero-order valence-electron chi connectivity index (χ0n) is 13.7. The topological polar surface area (TPSA) is 49.6 Å². The van der Waals surface area contributed by atoms with Crippen molar-refractivity contribution in [3.63, 3.8) is 0 Å². The van der Waals surface area contributed by atoms with Crippen molar-refractivity contribution in [3.05, 3.63) is 17.0 Å². The molecule has 0 unspecified atom stereocenters. The molecule has 1 aliphatic heterocycles. The van der Waals surface area contributed by atoms with Crippen molar-refractivity contribution in [3.8, 4) is 0 Å². The minimum atomic E-state index is 0.216. The highest BCUT2D eigenvalue weighted by molar-refractivity contribution is 5.79. The monoisotopic (exact) mass is 293 g/mol. The fraction of sp³-hybridized carbons (Fsp3) is 0.750. The third-order valence-electron chi connectivity index (χ3n) is 4.37. The molecule has 0 spiro atoms. The van der Waals surface area contributed by atoms with E-state index in [0.717, 1.165) is 49.4 Å². The summed E-state index contributed by atoms with van der Waals surface area (Å²) >= 11 is 0. The molecule has 5 heteroatoms. The summed E-state index contributed by atoms with van der Waals surface area (Å²) in [5.41, 5.74) is 1.79. The Bertz CT molecular complexity index is 462. The van der Waals surface area contributed by atoms with Crippen LogP contribution in [-0.2, 0) is 11.2 Å². The summed E-state index contributed by atoms with van der Waals surface area (Å²) in [4.78, 5) is 16.9. The van der Waals surface area contributed by atoms with Gasteiger partial charge < -0.3 is 14.3 Å². The van der Waals surface area contributed by atoms with E-state index in [1.807, 2.05) is 13.8 Å². The molecule has 21 heavy (non-hydrogen) atoms. The first-order valence-corrected chi connectivity index (χ1v) is 7.85. The van der Waals surface area contributed by atoms with Crippen molar-refractivity contribution < 1.29 is 9.32 Å². The van der Waals surface area contributed by atoms with Crippen molar-refractivity contribution >= 4 is 5.91 Å². The molecule has 1 saturated heterocycles. The molecule has 1 atom stereocenters. The molecule has 1 aliphatic rings. The van der Waals surface area contributed by atoms with E-state index >= 15 is 0 Å². The predicted molar refractivity (Wildman–Crippen MR) is 82.2 cm³/mol. The molecule has 1 aromatic rings. The fourth-order valence-corrected chi connectivity index (χ4v) is 3.04. The maximum atomic E-state index is 12.7. The first-order chi connectivity index (χ1) is 9.99. The second-order valence-corrected chi connectivity index (χ2v) is 6.31. The van der Waals surface area contributed by atoms with Gasteiger partial charge in [0.15, 0.2) is 0 Å². The molecular weight excluding hydrogens is 266 g/mol. The number of aryl methyl sites for hydroxylation is 2. The normalized spacial score (nSPS) is 19.3. The predicted octanol–water partition coefficient (Wildman–Crippen LogP) is 2.17. The number of amides is 1. The van der Waals surface area contributed by atoms with Crippen LogP contribution >= 0.6 is 0 Å². The summed E-state index contributed by atoms with van der Waals surface area (Å²) in [5.74, 6) is 0.982. The summed E-state index contributed by atoms with van der Waals surface area (Å²) in [7, 11) is 4.16. The molecular formula is C16H27N3O2. The number of carbonyl (C=O) groups excluding carboxylic acids is 1. The molecule has 0 N–H and O–H groups in total. The minimum absolute atomic E-state index is 0.216. The molecule has 1 aromatic heterocycles. The van der Waals surface area contributed by atoms with Crippen LogP contribution in [0.4, 0.5) is 0 Å².